The number of hydrogen-bond acceptors (Lipinski definition) is 5. The van der Waals surface area contributed by atoms with Crippen LogP contribution in [-0.4, -0.2) is 45.9 Å². The van der Waals surface area contributed by atoms with Gasteiger partial charge in [-0.15, -0.1) is 11.3 Å². The van der Waals surface area contributed by atoms with Gasteiger partial charge in [0.1, 0.15) is 11.4 Å². The monoisotopic (exact) mass is 376 g/mol. The lowest BCUT2D eigenvalue weighted by Gasteiger charge is -2.15. The van der Waals surface area contributed by atoms with Crippen LogP contribution in [0.3, 0.4) is 0 Å². The summed E-state index contributed by atoms with van der Waals surface area (Å²) in [5, 5.41) is 3.37. The second-order valence-electron chi connectivity index (χ2n) is 6.68. The maximum atomic E-state index is 12.6. The molecule has 140 valence electrons. The Morgan fingerprint density at radius 1 is 1.27 bits per heavy atom. The van der Waals surface area contributed by atoms with Crippen LogP contribution in [0, 0.1) is 13.8 Å². The third kappa shape index (κ3) is 3.95. The van der Waals surface area contributed by atoms with E-state index < -0.39 is 0 Å². The van der Waals surface area contributed by atoms with Crippen LogP contribution < -0.4 is 10.9 Å². The van der Waals surface area contributed by atoms with E-state index in [0.717, 1.165) is 36.4 Å². The van der Waals surface area contributed by atoms with Crippen LogP contribution in [0.25, 0.3) is 10.2 Å². The predicted octanol–water partition coefficient (Wildman–Crippen LogP) is 1.59. The van der Waals surface area contributed by atoms with Gasteiger partial charge in [-0.3, -0.25) is 19.0 Å². The molecule has 1 saturated heterocycles. The Labute approximate surface area is 156 Å². The van der Waals surface area contributed by atoms with Crippen LogP contribution in [0.15, 0.2) is 11.1 Å². The Bertz CT molecular complexity index is 880. The molecule has 0 saturated carbocycles. The molecule has 3 rings (SSSR count). The summed E-state index contributed by atoms with van der Waals surface area (Å²) >= 11 is 1.49. The van der Waals surface area contributed by atoms with Gasteiger partial charge in [0, 0.05) is 30.9 Å². The van der Waals surface area contributed by atoms with Crippen molar-refractivity contribution in [1.29, 1.82) is 0 Å². The SMILES string of the molecule is Cc1sc2ncn(CC(=O)NCCCC(=O)N3CCCC3)c(=O)c2c1C. The summed E-state index contributed by atoms with van der Waals surface area (Å²) in [6.45, 7) is 5.94. The second kappa shape index (κ2) is 7.99. The van der Waals surface area contributed by atoms with Gasteiger partial charge >= 0.3 is 0 Å². The molecule has 0 bridgehead atoms. The van der Waals surface area contributed by atoms with Gasteiger partial charge in [-0.2, -0.15) is 0 Å². The van der Waals surface area contributed by atoms with E-state index >= 15 is 0 Å². The fourth-order valence-corrected chi connectivity index (χ4v) is 4.17. The summed E-state index contributed by atoms with van der Waals surface area (Å²) in [5.74, 6) is -0.0857. The average molecular weight is 376 g/mol. The molecule has 1 aliphatic rings. The van der Waals surface area contributed by atoms with Crippen LogP contribution in [0.1, 0.15) is 36.1 Å². The van der Waals surface area contributed by atoms with E-state index in [1.165, 1.54) is 22.2 Å². The van der Waals surface area contributed by atoms with E-state index in [-0.39, 0.29) is 23.9 Å². The average Bonchev–Trinajstić information content (AvgIpc) is 3.24. The summed E-state index contributed by atoms with van der Waals surface area (Å²) in [5.41, 5.74) is 0.744. The van der Waals surface area contributed by atoms with Gasteiger partial charge in [0.15, 0.2) is 0 Å². The number of nitrogens with zero attached hydrogens (tertiary/aromatic N) is 3. The zero-order chi connectivity index (χ0) is 18.7. The summed E-state index contributed by atoms with van der Waals surface area (Å²) in [6, 6.07) is 0. The number of aryl methyl sites for hydroxylation is 2. The van der Waals surface area contributed by atoms with Crippen LogP contribution in [0.2, 0.25) is 0 Å². The minimum Gasteiger partial charge on any atom is -0.355 e. The summed E-state index contributed by atoms with van der Waals surface area (Å²) < 4.78 is 1.34. The Morgan fingerprint density at radius 3 is 2.73 bits per heavy atom. The lowest BCUT2D eigenvalue weighted by Crippen LogP contribution is -2.33. The van der Waals surface area contributed by atoms with Crippen molar-refractivity contribution in [2.24, 2.45) is 0 Å². The van der Waals surface area contributed by atoms with E-state index in [1.807, 2.05) is 18.7 Å². The first-order chi connectivity index (χ1) is 12.5. The molecule has 2 aromatic rings. The number of amides is 2. The number of nitrogens with one attached hydrogen (secondary N) is 1. The van der Waals surface area contributed by atoms with Gasteiger partial charge in [-0.25, -0.2) is 4.98 Å². The molecule has 0 radical (unpaired) electrons. The van der Waals surface area contributed by atoms with Gasteiger partial charge in [-0.1, -0.05) is 0 Å². The minimum atomic E-state index is -0.244. The molecule has 3 heterocycles. The van der Waals surface area contributed by atoms with E-state index in [0.29, 0.717) is 29.6 Å². The first kappa shape index (κ1) is 18.6. The number of carbonyl (C=O) groups excluding carboxylic acids is 2. The van der Waals surface area contributed by atoms with Crippen molar-refractivity contribution in [3.8, 4) is 0 Å². The van der Waals surface area contributed by atoms with Gasteiger partial charge in [0.2, 0.25) is 11.8 Å². The first-order valence-electron chi connectivity index (χ1n) is 8.97. The van der Waals surface area contributed by atoms with Crippen LogP contribution in [0.4, 0.5) is 0 Å². The molecule has 7 nitrogen and oxygen atoms in total. The molecule has 1 fully saturated rings. The van der Waals surface area contributed by atoms with Crippen LogP contribution in [-0.2, 0) is 16.1 Å². The van der Waals surface area contributed by atoms with E-state index in [9.17, 15) is 14.4 Å². The molecule has 2 amide bonds. The Kier molecular flexibility index (Phi) is 5.70. The molecule has 0 atom stereocenters. The Balaban J connectivity index is 1.51. The number of aromatic nitrogens is 2. The van der Waals surface area contributed by atoms with Crippen molar-refractivity contribution in [3.63, 3.8) is 0 Å². The highest BCUT2D eigenvalue weighted by atomic mass is 32.1. The number of carbonyl (C=O) groups is 2. The van der Waals surface area contributed by atoms with Gasteiger partial charge in [0.25, 0.3) is 5.56 Å². The Morgan fingerprint density at radius 2 is 2.00 bits per heavy atom. The number of hydrogen-bond donors (Lipinski definition) is 1. The molecule has 0 aromatic carbocycles. The van der Waals surface area contributed by atoms with Gasteiger partial charge in [0.05, 0.1) is 11.7 Å². The van der Waals surface area contributed by atoms with Crippen molar-refractivity contribution >= 4 is 33.4 Å². The molecule has 0 unspecified atom stereocenters. The molecular weight excluding hydrogens is 352 g/mol. The zero-order valence-corrected chi connectivity index (χ0v) is 16.0. The topological polar surface area (TPSA) is 84.3 Å². The van der Waals surface area contributed by atoms with Crippen molar-refractivity contribution < 1.29 is 9.59 Å². The molecule has 0 spiro atoms. The second-order valence-corrected chi connectivity index (χ2v) is 7.89. The quantitative estimate of drug-likeness (QED) is 0.776. The summed E-state index contributed by atoms with van der Waals surface area (Å²) in [7, 11) is 0. The number of rotatable bonds is 6. The highest BCUT2D eigenvalue weighted by Crippen LogP contribution is 2.25. The summed E-state index contributed by atoms with van der Waals surface area (Å²) in [4.78, 5) is 44.6. The van der Waals surface area contributed by atoms with Gasteiger partial charge < -0.3 is 10.2 Å². The predicted molar refractivity (Wildman–Crippen MR) is 101 cm³/mol. The molecule has 1 aliphatic heterocycles. The van der Waals surface area contributed by atoms with Gasteiger partial charge in [-0.05, 0) is 38.7 Å². The highest BCUT2D eigenvalue weighted by molar-refractivity contribution is 7.18. The van der Waals surface area contributed by atoms with Crippen molar-refractivity contribution in [2.75, 3.05) is 19.6 Å². The largest absolute Gasteiger partial charge is 0.355 e. The molecule has 8 heteroatoms. The van der Waals surface area contributed by atoms with Crippen LogP contribution in [0.5, 0.6) is 0 Å². The van der Waals surface area contributed by atoms with Crippen LogP contribution >= 0.6 is 11.3 Å². The highest BCUT2D eigenvalue weighted by Gasteiger charge is 2.17. The van der Waals surface area contributed by atoms with Crippen molar-refractivity contribution in [2.45, 2.75) is 46.1 Å². The smallest absolute Gasteiger partial charge is 0.262 e. The molecule has 0 aliphatic carbocycles. The lowest BCUT2D eigenvalue weighted by molar-refractivity contribution is -0.130. The molecule has 1 N–H and O–H groups in total. The minimum absolute atomic E-state index is 0.0593. The first-order valence-corrected chi connectivity index (χ1v) is 9.78. The Hall–Kier alpha value is -2.22. The normalized spacial score (nSPS) is 14.2. The maximum Gasteiger partial charge on any atom is 0.262 e. The molecule has 2 aromatic heterocycles. The zero-order valence-electron chi connectivity index (χ0n) is 15.2. The summed E-state index contributed by atoms with van der Waals surface area (Å²) in [6.07, 6.45) is 4.64. The third-order valence-corrected chi connectivity index (χ3v) is 5.93. The van der Waals surface area contributed by atoms with E-state index in [4.69, 9.17) is 0 Å². The number of fused-ring (bicyclic) bond motifs is 1. The number of likely N-dealkylation sites (tertiary alicyclic amines) is 1. The van der Waals surface area contributed by atoms with E-state index in [2.05, 4.69) is 10.3 Å². The maximum absolute atomic E-state index is 12.6. The number of thiophene rings is 1. The molecule has 26 heavy (non-hydrogen) atoms. The molecular formula is C18H24N4O3S. The van der Waals surface area contributed by atoms with E-state index in [1.54, 1.807) is 0 Å². The fourth-order valence-electron chi connectivity index (χ4n) is 3.19. The third-order valence-electron chi connectivity index (χ3n) is 4.82. The van der Waals surface area contributed by atoms with Crippen molar-refractivity contribution in [3.05, 3.63) is 27.1 Å². The fraction of sp³-hybridized carbons (Fsp3) is 0.556. The van der Waals surface area contributed by atoms with Crippen molar-refractivity contribution in [1.82, 2.24) is 19.8 Å². The standard InChI is InChI=1S/C18H24N4O3S/c1-12-13(2)26-17-16(12)18(25)22(11-20-17)10-14(23)19-7-5-6-15(24)21-8-3-4-9-21/h11H,3-10H2,1-2H3,(H,19,23). The lowest BCUT2D eigenvalue weighted by atomic mass is 10.2.